The average Bonchev–Trinajstić information content (AvgIpc) is 3.12. The number of fused-ring (bicyclic) bond motifs is 1. The van der Waals surface area contributed by atoms with Crippen molar-refractivity contribution in [1.82, 2.24) is 24.5 Å². The minimum atomic E-state index is -4.51. The van der Waals surface area contributed by atoms with Gasteiger partial charge in [0.25, 0.3) is 0 Å². The number of nitrogens with one attached hydrogen (secondary N) is 1. The summed E-state index contributed by atoms with van der Waals surface area (Å²) in [6.45, 7) is 0.0807. The minimum Gasteiger partial charge on any atom is -0.354 e. The highest BCUT2D eigenvalue weighted by Crippen LogP contribution is 2.27. The number of rotatable bonds is 5. The molecule has 0 spiro atoms. The molecule has 126 valence electrons. The van der Waals surface area contributed by atoms with Gasteiger partial charge in [0, 0.05) is 31.6 Å². The molecule has 0 bridgehead atoms. The first-order valence-electron chi connectivity index (χ1n) is 7.22. The van der Waals surface area contributed by atoms with Crippen LogP contribution in [0.5, 0.6) is 0 Å². The zero-order valence-electron chi connectivity index (χ0n) is 12.5. The van der Waals surface area contributed by atoms with Gasteiger partial charge in [-0.05, 0) is 18.2 Å². The molecule has 6 nitrogen and oxygen atoms in total. The maximum absolute atomic E-state index is 12.4. The fraction of sp³-hybridized carbons (Fsp3) is 0.267. The van der Waals surface area contributed by atoms with Crippen molar-refractivity contribution in [3.63, 3.8) is 0 Å². The van der Waals surface area contributed by atoms with E-state index in [4.69, 9.17) is 0 Å². The van der Waals surface area contributed by atoms with Gasteiger partial charge < -0.3 is 9.72 Å². The third-order valence-corrected chi connectivity index (χ3v) is 3.35. The molecule has 0 aliphatic carbocycles. The number of hydrogen-bond donors (Lipinski definition) is 1. The molecule has 0 radical (unpaired) electrons. The van der Waals surface area contributed by atoms with Gasteiger partial charge in [-0.3, -0.25) is 9.48 Å². The summed E-state index contributed by atoms with van der Waals surface area (Å²) in [6, 6.07) is 6.48. The Balaban J connectivity index is 1.49. The van der Waals surface area contributed by atoms with Gasteiger partial charge >= 0.3 is 6.18 Å². The molecule has 0 fully saturated rings. The van der Waals surface area contributed by atoms with E-state index in [0.29, 0.717) is 13.0 Å². The van der Waals surface area contributed by atoms with Crippen LogP contribution >= 0.6 is 0 Å². The number of nitrogens with zero attached hydrogens (tertiary/aromatic N) is 4. The quantitative estimate of drug-likeness (QED) is 0.773. The van der Waals surface area contributed by atoms with E-state index < -0.39 is 17.8 Å². The van der Waals surface area contributed by atoms with E-state index in [9.17, 15) is 18.0 Å². The van der Waals surface area contributed by atoms with E-state index in [2.05, 4.69) is 15.4 Å². The van der Waals surface area contributed by atoms with E-state index in [0.717, 1.165) is 28.3 Å². The molecule has 0 saturated heterocycles. The van der Waals surface area contributed by atoms with Gasteiger partial charge in [0.05, 0.1) is 5.69 Å². The van der Waals surface area contributed by atoms with Gasteiger partial charge in [-0.2, -0.15) is 18.3 Å². The second kappa shape index (κ2) is 6.34. The average molecular weight is 337 g/mol. The van der Waals surface area contributed by atoms with Gasteiger partial charge in [-0.25, -0.2) is 4.98 Å². The molecule has 0 aromatic carbocycles. The van der Waals surface area contributed by atoms with Crippen molar-refractivity contribution in [2.45, 2.75) is 19.1 Å². The highest BCUT2D eigenvalue weighted by molar-refractivity contribution is 5.75. The Labute approximate surface area is 134 Å². The third-order valence-electron chi connectivity index (χ3n) is 3.35. The molecule has 1 N–H and O–H groups in total. The second-order valence-corrected chi connectivity index (χ2v) is 5.19. The molecule has 1 amide bonds. The first-order chi connectivity index (χ1) is 11.4. The molecule has 0 saturated carbocycles. The standard InChI is InChI=1S/C15H14F3N5O/c16-15(17,18)12-5-8-23(21-12)10-14(24)19-6-4-11-9-22-7-2-1-3-13(22)20-11/h1-3,5,7-9H,4,6,10H2,(H,19,24). The number of halogens is 3. The van der Waals surface area contributed by atoms with Gasteiger partial charge in [0.2, 0.25) is 5.91 Å². The summed E-state index contributed by atoms with van der Waals surface area (Å²) in [7, 11) is 0. The zero-order valence-corrected chi connectivity index (χ0v) is 12.5. The molecule has 9 heteroatoms. The molecule has 3 rings (SSSR count). The molecule has 0 unspecified atom stereocenters. The van der Waals surface area contributed by atoms with Crippen molar-refractivity contribution < 1.29 is 18.0 Å². The van der Waals surface area contributed by atoms with Gasteiger partial charge in [-0.1, -0.05) is 6.07 Å². The molecule has 0 aliphatic heterocycles. The normalized spacial score (nSPS) is 11.8. The number of aromatic nitrogens is 4. The Morgan fingerprint density at radius 1 is 1.21 bits per heavy atom. The molecule has 3 heterocycles. The van der Waals surface area contributed by atoms with Gasteiger partial charge in [0.15, 0.2) is 5.69 Å². The maximum Gasteiger partial charge on any atom is 0.435 e. The molecule has 3 aromatic rings. The number of pyridine rings is 1. The van der Waals surface area contributed by atoms with Crippen LogP contribution in [0.4, 0.5) is 13.2 Å². The number of hydrogen-bond acceptors (Lipinski definition) is 3. The Hall–Kier alpha value is -2.84. The number of imidazole rings is 1. The van der Waals surface area contributed by atoms with Crippen LogP contribution in [0.3, 0.4) is 0 Å². The Morgan fingerprint density at radius 3 is 2.75 bits per heavy atom. The summed E-state index contributed by atoms with van der Waals surface area (Å²) >= 11 is 0. The zero-order chi connectivity index (χ0) is 17.2. The molecule has 24 heavy (non-hydrogen) atoms. The molecule has 0 atom stereocenters. The van der Waals surface area contributed by atoms with E-state index in [1.54, 1.807) is 0 Å². The Kier molecular flexibility index (Phi) is 4.24. The number of carbonyl (C=O) groups excluding carboxylic acids is 1. The summed E-state index contributed by atoms with van der Waals surface area (Å²) in [5.74, 6) is -0.407. The predicted molar refractivity (Wildman–Crippen MR) is 79.1 cm³/mol. The van der Waals surface area contributed by atoms with Crippen molar-refractivity contribution in [3.8, 4) is 0 Å². The molecular weight excluding hydrogens is 323 g/mol. The SMILES string of the molecule is O=C(Cn1ccc(C(F)(F)F)n1)NCCc1cn2ccccc2n1. The fourth-order valence-corrected chi connectivity index (χ4v) is 2.24. The number of alkyl halides is 3. The second-order valence-electron chi connectivity index (χ2n) is 5.19. The van der Waals surface area contributed by atoms with Crippen LogP contribution in [-0.4, -0.2) is 31.6 Å². The molecule has 3 aromatic heterocycles. The van der Waals surface area contributed by atoms with Crippen molar-refractivity contribution >= 4 is 11.6 Å². The maximum atomic E-state index is 12.4. The molecule has 0 aliphatic rings. The van der Waals surface area contributed by atoms with Crippen LogP contribution in [0.25, 0.3) is 5.65 Å². The number of amides is 1. The third kappa shape index (κ3) is 3.73. The lowest BCUT2D eigenvalue weighted by molar-refractivity contribution is -0.141. The summed E-state index contributed by atoms with van der Waals surface area (Å²) in [5, 5.41) is 5.97. The van der Waals surface area contributed by atoms with Crippen molar-refractivity contribution in [1.29, 1.82) is 0 Å². The number of carbonyl (C=O) groups is 1. The van der Waals surface area contributed by atoms with E-state index in [-0.39, 0.29) is 6.54 Å². The largest absolute Gasteiger partial charge is 0.435 e. The highest BCUT2D eigenvalue weighted by Gasteiger charge is 2.33. The molecular formula is C15H14F3N5O. The monoisotopic (exact) mass is 337 g/mol. The van der Waals surface area contributed by atoms with Crippen LogP contribution in [-0.2, 0) is 23.9 Å². The summed E-state index contributed by atoms with van der Waals surface area (Å²) in [4.78, 5) is 16.1. The van der Waals surface area contributed by atoms with Crippen molar-refractivity contribution in [3.05, 3.63) is 54.2 Å². The van der Waals surface area contributed by atoms with Gasteiger partial charge in [0.1, 0.15) is 12.2 Å². The highest BCUT2D eigenvalue weighted by atomic mass is 19.4. The van der Waals surface area contributed by atoms with Gasteiger partial charge in [-0.15, -0.1) is 0 Å². The van der Waals surface area contributed by atoms with E-state index in [1.165, 1.54) is 0 Å². The lowest BCUT2D eigenvalue weighted by Crippen LogP contribution is -2.29. The Morgan fingerprint density at radius 2 is 2.04 bits per heavy atom. The van der Waals surface area contributed by atoms with Crippen molar-refractivity contribution in [2.75, 3.05) is 6.54 Å². The van der Waals surface area contributed by atoms with Crippen LogP contribution < -0.4 is 5.32 Å². The van der Waals surface area contributed by atoms with Crippen molar-refractivity contribution in [2.24, 2.45) is 0 Å². The first kappa shape index (κ1) is 16.0. The lowest BCUT2D eigenvalue weighted by Gasteiger charge is -2.05. The summed E-state index contributed by atoms with van der Waals surface area (Å²) < 4.78 is 40.1. The van der Waals surface area contributed by atoms with E-state index in [1.807, 2.05) is 35.0 Å². The minimum absolute atomic E-state index is 0.263. The smallest absolute Gasteiger partial charge is 0.354 e. The Bertz CT molecular complexity index is 819. The first-order valence-corrected chi connectivity index (χ1v) is 7.22. The topological polar surface area (TPSA) is 64.2 Å². The summed E-state index contributed by atoms with van der Waals surface area (Å²) in [6.07, 6.45) is 0.890. The van der Waals surface area contributed by atoms with Crippen LogP contribution in [0.15, 0.2) is 42.9 Å². The van der Waals surface area contributed by atoms with Crippen LogP contribution in [0.1, 0.15) is 11.4 Å². The van der Waals surface area contributed by atoms with E-state index >= 15 is 0 Å². The lowest BCUT2D eigenvalue weighted by atomic mass is 10.3. The van der Waals surface area contributed by atoms with Crippen LogP contribution in [0.2, 0.25) is 0 Å². The summed E-state index contributed by atoms with van der Waals surface area (Å²) in [5.41, 5.74) is 0.620. The van der Waals surface area contributed by atoms with Crippen LogP contribution in [0, 0.1) is 0 Å². The predicted octanol–water partition coefficient (Wildman–Crippen LogP) is 1.91. The fourth-order valence-electron chi connectivity index (χ4n) is 2.24.